The van der Waals surface area contributed by atoms with Crippen LogP contribution in [0.25, 0.3) is 0 Å². The smallest absolute Gasteiger partial charge is 0.0696 e. The van der Waals surface area contributed by atoms with Crippen molar-refractivity contribution in [3.8, 4) is 0 Å². The average molecular weight is 247 g/mol. The van der Waals surface area contributed by atoms with E-state index in [9.17, 15) is 0 Å². The maximum Gasteiger partial charge on any atom is 0.0696 e. The Hall–Kier alpha value is 0.460. The number of rotatable bonds is 6. The zero-order valence-corrected chi connectivity index (χ0v) is 11.4. The largest absolute Gasteiger partial charge is 0.287 e. The second kappa shape index (κ2) is 11.5. The number of nitrogens with one attached hydrogen (secondary N) is 1. The van der Waals surface area contributed by atoms with Gasteiger partial charge in [0.25, 0.3) is 0 Å². The third kappa shape index (κ3) is 9.03. The van der Waals surface area contributed by atoms with Gasteiger partial charge in [0.2, 0.25) is 0 Å². The van der Waals surface area contributed by atoms with Crippen LogP contribution in [0.5, 0.6) is 0 Å². The number of halogens is 2. The summed E-state index contributed by atoms with van der Waals surface area (Å²) in [6.45, 7) is 11.4. The van der Waals surface area contributed by atoms with E-state index in [0.29, 0.717) is 12.1 Å². The normalized spacial score (nSPS) is 10.3. The maximum atomic E-state index is 5.24. The summed E-state index contributed by atoms with van der Waals surface area (Å²) in [5, 5.41) is 2.09. The molecular formula is C9H24Cl2N2O. The van der Waals surface area contributed by atoms with Gasteiger partial charge in [0.1, 0.15) is 0 Å². The van der Waals surface area contributed by atoms with E-state index in [1.54, 1.807) is 0 Å². The van der Waals surface area contributed by atoms with E-state index >= 15 is 0 Å². The summed E-state index contributed by atoms with van der Waals surface area (Å²) in [6.07, 6.45) is 1.04. The van der Waals surface area contributed by atoms with Gasteiger partial charge < -0.3 is 0 Å². The third-order valence-electron chi connectivity index (χ3n) is 1.59. The summed E-state index contributed by atoms with van der Waals surface area (Å²) >= 11 is 0. The van der Waals surface area contributed by atoms with Crippen molar-refractivity contribution in [2.24, 2.45) is 0 Å². The SMILES string of the molecule is CCCONN(C(C)C)C(C)C.Cl.Cl. The van der Waals surface area contributed by atoms with Crippen LogP contribution in [-0.4, -0.2) is 23.7 Å². The fraction of sp³-hybridized carbons (Fsp3) is 1.00. The van der Waals surface area contributed by atoms with E-state index < -0.39 is 0 Å². The molecule has 0 aliphatic heterocycles. The molecule has 90 valence electrons. The highest BCUT2D eigenvalue weighted by Crippen LogP contribution is 2.00. The molecule has 0 amide bonds. The summed E-state index contributed by atoms with van der Waals surface area (Å²) in [6, 6.07) is 0.920. The molecule has 0 rings (SSSR count). The zero-order chi connectivity index (χ0) is 9.56. The first-order chi connectivity index (χ1) is 5.59. The van der Waals surface area contributed by atoms with Crippen molar-refractivity contribution >= 4 is 24.8 Å². The Morgan fingerprint density at radius 1 is 1.07 bits per heavy atom. The van der Waals surface area contributed by atoms with Crippen LogP contribution in [0.2, 0.25) is 0 Å². The van der Waals surface area contributed by atoms with E-state index in [-0.39, 0.29) is 24.8 Å². The molecule has 0 aromatic heterocycles. The van der Waals surface area contributed by atoms with Crippen LogP contribution in [0, 0.1) is 0 Å². The highest BCUT2D eigenvalue weighted by atomic mass is 35.5. The van der Waals surface area contributed by atoms with Crippen molar-refractivity contribution in [3.63, 3.8) is 0 Å². The van der Waals surface area contributed by atoms with Gasteiger partial charge in [-0.1, -0.05) is 6.92 Å². The first-order valence-corrected chi connectivity index (χ1v) is 4.75. The molecule has 0 aliphatic rings. The van der Waals surface area contributed by atoms with Gasteiger partial charge in [-0.25, -0.2) is 5.01 Å². The Bertz CT molecular complexity index is 105. The van der Waals surface area contributed by atoms with Crippen molar-refractivity contribution < 1.29 is 4.84 Å². The molecule has 0 bridgehead atoms. The summed E-state index contributed by atoms with van der Waals surface area (Å²) in [5.41, 5.74) is 2.95. The number of hydrogen-bond acceptors (Lipinski definition) is 3. The quantitative estimate of drug-likeness (QED) is 0.577. The van der Waals surface area contributed by atoms with Crippen molar-refractivity contribution in [1.82, 2.24) is 10.6 Å². The first kappa shape index (κ1) is 19.9. The Kier molecular flexibility index (Phi) is 16.4. The molecule has 14 heavy (non-hydrogen) atoms. The number of nitrogens with zero attached hydrogens (tertiary/aromatic N) is 1. The van der Waals surface area contributed by atoms with Gasteiger partial charge in [0.05, 0.1) is 6.61 Å². The molecule has 0 fully saturated rings. The van der Waals surface area contributed by atoms with Crippen LogP contribution < -0.4 is 5.59 Å². The highest BCUT2D eigenvalue weighted by molar-refractivity contribution is 5.85. The van der Waals surface area contributed by atoms with Gasteiger partial charge in [-0.3, -0.25) is 4.84 Å². The van der Waals surface area contributed by atoms with Crippen LogP contribution >= 0.6 is 24.8 Å². The monoisotopic (exact) mass is 246 g/mol. The van der Waals surface area contributed by atoms with E-state index in [1.165, 1.54) is 0 Å². The van der Waals surface area contributed by atoms with Gasteiger partial charge in [-0.05, 0) is 34.1 Å². The highest BCUT2D eigenvalue weighted by Gasteiger charge is 2.12. The molecule has 0 aliphatic carbocycles. The van der Waals surface area contributed by atoms with Gasteiger partial charge in [-0.2, -0.15) is 0 Å². The van der Waals surface area contributed by atoms with Gasteiger partial charge >= 0.3 is 0 Å². The minimum absolute atomic E-state index is 0. The lowest BCUT2D eigenvalue weighted by atomic mass is 10.3. The second-order valence-electron chi connectivity index (χ2n) is 3.53. The maximum absolute atomic E-state index is 5.24. The molecule has 0 aromatic carbocycles. The molecule has 5 heteroatoms. The molecule has 0 atom stereocenters. The Morgan fingerprint density at radius 3 is 1.79 bits per heavy atom. The number of hydrazine groups is 1. The summed E-state index contributed by atoms with van der Waals surface area (Å²) in [4.78, 5) is 5.24. The minimum Gasteiger partial charge on any atom is -0.287 e. The second-order valence-corrected chi connectivity index (χ2v) is 3.53. The van der Waals surface area contributed by atoms with Crippen LogP contribution in [-0.2, 0) is 4.84 Å². The van der Waals surface area contributed by atoms with Crippen LogP contribution in [0.1, 0.15) is 41.0 Å². The molecule has 0 saturated heterocycles. The zero-order valence-electron chi connectivity index (χ0n) is 9.74. The summed E-state index contributed by atoms with van der Waals surface area (Å²) in [7, 11) is 0. The lowest BCUT2D eigenvalue weighted by Gasteiger charge is -2.29. The molecular weight excluding hydrogens is 223 g/mol. The van der Waals surface area contributed by atoms with Gasteiger partial charge in [0.15, 0.2) is 0 Å². The molecule has 0 radical (unpaired) electrons. The minimum atomic E-state index is 0. The average Bonchev–Trinajstić information content (AvgIpc) is 1.96. The van der Waals surface area contributed by atoms with Crippen molar-refractivity contribution in [2.75, 3.05) is 6.61 Å². The third-order valence-corrected chi connectivity index (χ3v) is 1.59. The molecule has 0 saturated carbocycles. The van der Waals surface area contributed by atoms with Gasteiger partial charge in [-0.15, -0.1) is 30.4 Å². The topological polar surface area (TPSA) is 24.5 Å². The van der Waals surface area contributed by atoms with E-state index in [0.717, 1.165) is 13.0 Å². The Morgan fingerprint density at radius 2 is 1.50 bits per heavy atom. The predicted octanol–water partition coefficient (Wildman–Crippen LogP) is 2.80. The van der Waals surface area contributed by atoms with Crippen molar-refractivity contribution in [1.29, 1.82) is 0 Å². The fourth-order valence-corrected chi connectivity index (χ4v) is 1.03. The Balaban J connectivity index is -0.000000605. The Labute approximate surface area is 100 Å². The lowest BCUT2D eigenvalue weighted by molar-refractivity contribution is -0.112. The molecule has 0 aromatic rings. The van der Waals surface area contributed by atoms with Crippen LogP contribution in [0.4, 0.5) is 0 Å². The molecule has 1 N–H and O–H groups in total. The molecule has 3 nitrogen and oxygen atoms in total. The molecule has 0 heterocycles. The van der Waals surface area contributed by atoms with Crippen LogP contribution in [0.3, 0.4) is 0 Å². The standard InChI is InChI=1S/C9H22N2O.2ClH/c1-6-7-12-10-11(8(2)3)9(4)5;;/h8-10H,6-7H2,1-5H3;2*1H. The first-order valence-electron chi connectivity index (χ1n) is 4.75. The predicted molar refractivity (Wildman–Crippen MR) is 66.0 cm³/mol. The van der Waals surface area contributed by atoms with E-state index in [4.69, 9.17) is 4.84 Å². The molecule has 0 unspecified atom stereocenters. The van der Waals surface area contributed by atoms with Crippen LogP contribution in [0.15, 0.2) is 0 Å². The molecule has 0 spiro atoms. The van der Waals surface area contributed by atoms with Gasteiger partial charge in [0, 0.05) is 12.1 Å². The summed E-state index contributed by atoms with van der Waals surface area (Å²) in [5.74, 6) is 0. The fourth-order valence-electron chi connectivity index (χ4n) is 1.03. The van der Waals surface area contributed by atoms with E-state index in [1.807, 2.05) is 0 Å². The van der Waals surface area contributed by atoms with E-state index in [2.05, 4.69) is 45.2 Å². The number of hydrogen-bond donors (Lipinski definition) is 1. The van der Waals surface area contributed by atoms with Crippen molar-refractivity contribution in [2.45, 2.75) is 53.1 Å². The van der Waals surface area contributed by atoms with Crippen molar-refractivity contribution in [3.05, 3.63) is 0 Å². The summed E-state index contributed by atoms with van der Waals surface area (Å²) < 4.78 is 0. The lowest BCUT2D eigenvalue weighted by Crippen LogP contribution is -2.47.